The maximum absolute atomic E-state index is 12.7. The summed E-state index contributed by atoms with van der Waals surface area (Å²) in [6.45, 7) is 9.85. The molecule has 0 aliphatic carbocycles. The molecule has 11 nitrogen and oxygen atoms in total. The first-order chi connectivity index (χ1) is 19.8. The maximum Gasteiger partial charge on any atom is 0.410 e. The number of nitrogens with one attached hydrogen (secondary N) is 1. The minimum atomic E-state index is -0.511. The maximum atomic E-state index is 12.7. The third kappa shape index (κ3) is 5.61. The summed E-state index contributed by atoms with van der Waals surface area (Å²) in [4.78, 5) is 30.1. The Morgan fingerprint density at radius 1 is 1.07 bits per heavy atom. The van der Waals surface area contributed by atoms with Crippen molar-refractivity contribution in [2.24, 2.45) is 0 Å². The van der Waals surface area contributed by atoms with Crippen molar-refractivity contribution >= 4 is 34.4 Å². The van der Waals surface area contributed by atoms with Gasteiger partial charge in [0.15, 0.2) is 5.82 Å². The van der Waals surface area contributed by atoms with Crippen LogP contribution in [0.25, 0.3) is 16.6 Å². The summed E-state index contributed by atoms with van der Waals surface area (Å²) in [5, 5.41) is 9.19. The van der Waals surface area contributed by atoms with Gasteiger partial charge in [-0.15, -0.1) is 5.10 Å². The molecule has 41 heavy (non-hydrogen) atoms. The van der Waals surface area contributed by atoms with Gasteiger partial charge in [-0.1, -0.05) is 13.3 Å². The van der Waals surface area contributed by atoms with Gasteiger partial charge in [0, 0.05) is 49.2 Å². The molecule has 1 N–H and O–H groups in total. The predicted octanol–water partition coefficient (Wildman–Crippen LogP) is 5.33. The minimum Gasteiger partial charge on any atom is -0.494 e. The number of pyridine rings is 1. The Morgan fingerprint density at radius 2 is 1.95 bits per heavy atom. The van der Waals surface area contributed by atoms with Gasteiger partial charge in [0.1, 0.15) is 23.0 Å². The molecule has 2 aliphatic rings. The first-order valence-electron chi connectivity index (χ1n) is 14.2. The molecule has 2 aliphatic heterocycles. The molecule has 2 atom stereocenters. The fraction of sp³-hybridized carbons (Fsp3) is 0.433. The predicted molar refractivity (Wildman–Crippen MR) is 157 cm³/mol. The van der Waals surface area contributed by atoms with Crippen LogP contribution < -0.4 is 15.0 Å². The Balaban J connectivity index is 1.29. The molecule has 1 aromatic carbocycles. The van der Waals surface area contributed by atoms with E-state index in [4.69, 9.17) is 19.6 Å². The molecule has 214 valence electrons. The lowest BCUT2D eigenvalue weighted by Crippen LogP contribution is -2.50. The first kappa shape index (κ1) is 26.8. The Kier molecular flexibility index (Phi) is 7.10. The number of aromatic nitrogens is 5. The van der Waals surface area contributed by atoms with Crippen molar-refractivity contribution < 1.29 is 14.3 Å². The van der Waals surface area contributed by atoms with Gasteiger partial charge in [0.05, 0.1) is 36.1 Å². The highest BCUT2D eigenvalue weighted by Crippen LogP contribution is 2.36. The van der Waals surface area contributed by atoms with Crippen molar-refractivity contribution in [1.29, 1.82) is 0 Å². The summed E-state index contributed by atoms with van der Waals surface area (Å²) in [5.41, 5.74) is 1.27. The lowest BCUT2D eigenvalue weighted by molar-refractivity contribution is 0.0214. The summed E-state index contributed by atoms with van der Waals surface area (Å²) in [6, 6.07) is 10.3. The molecule has 0 spiro atoms. The van der Waals surface area contributed by atoms with Crippen molar-refractivity contribution in [2.45, 2.75) is 64.6 Å². The molecular formula is C30H36N8O3. The van der Waals surface area contributed by atoms with Gasteiger partial charge < -0.3 is 24.6 Å². The average molecular weight is 557 g/mol. The molecule has 3 aromatic heterocycles. The van der Waals surface area contributed by atoms with Crippen molar-refractivity contribution in [3.05, 3.63) is 55.1 Å². The number of likely N-dealkylation sites (tertiary alicyclic amines) is 1. The van der Waals surface area contributed by atoms with E-state index in [1.165, 1.54) is 0 Å². The van der Waals surface area contributed by atoms with Gasteiger partial charge in [-0.05, 0) is 51.8 Å². The number of hydrogen-bond donors (Lipinski definition) is 1. The third-order valence-corrected chi connectivity index (χ3v) is 7.37. The van der Waals surface area contributed by atoms with Crippen LogP contribution in [-0.4, -0.2) is 73.1 Å². The molecular weight excluding hydrogens is 520 g/mol. The van der Waals surface area contributed by atoms with Crippen LogP contribution in [-0.2, 0) is 4.74 Å². The van der Waals surface area contributed by atoms with E-state index < -0.39 is 5.60 Å². The van der Waals surface area contributed by atoms with E-state index in [9.17, 15) is 4.79 Å². The first-order valence-corrected chi connectivity index (χ1v) is 14.2. The van der Waals surface area contributed by atoms with Crippen LogP contribution in [0.4, 0.5) is 22.2 Å². The number of piperazine rings is 1. The van der Waals surface area contributed by atoms with E-state index in [0.29, 0.717) is 24.8 Å². The van der Waals surface area contributed by atoms with Crippen LogP contribution >= 0.6 is 0 Å². The number of ether oxygens (including phenoxy) is 2. The van der Waals surface area contributed by atoms with E-state index >= 15 is 0 Å². The van der Waals surface area contributed by atoms with E-state index in [0.717, 1.165) is 54.0 Å². The zero-order valence-electron chi connectivity index (χ0n) is 23.9. The van der Waals surface area contributed by atoms with Crippen LogP contribution in [0.3, 0.4) is 0 Å². The monoisotopic (exact) mass is 556 g/mol. The number of nitrogens with zero attached hydrogens (tertiary/aromatic N) is 7. The summed E-state index contributed by atoms with van der Waals surface area (Å²) in [5.74, 6) is 2.94. The molecule has 0 saturated carbocycles. The van der Waals surface area contributed by atoms with E-state index in [1.54, 1.807) is 18.6 Å². The molecule has 2 fully saturated rings. The standard InChI is InChI=1S/C30H36N8O3/c1-5-6-13-40-23-7-8-24-25(16-23)38(35-28(24)34-26-17-31-11-12-32-26)20-9-10-33-27(15-20)36-18-22-14-21(36)19-37(22)29(39)41-30(2,3)4/h7-12,15-17,21-22H,5-6,13-14,18-19H2,1-4H3,(H,32,34,35)/t21-,22-/m0/s1. The van der Waals surface area contributed by atoms with Crippen molar-refractivity contribution in [2.75, 3.05) is 29.9 Å². The second kappa shape index (κ2) is 10.9. The number of anilines is 3. The molecule has 5 heterocycles. The Labute approximate surface area is 239 Å². The molecule has 11 heteroatoms. The normalized spacial score (nSPS) is 18.2. The minimum absolute atomic E-state index is 0.108. The lowest BCUT2D eigenvalue weighted by Gasteiger charge is -2.35. The summed E-state index contributed by atoms with van der Waals surface area (Å²) in [7, 11) is 0. The van der Waals surface area contributed by atoms with Crippen LogP contribution in [0.15, 0.2) is 55.1 Å². The van der Waals surface area contributed by atoms with E-state index in [-0.39, 0.29) is 18.2 Å². The summed E-state index contributed by atoms with van der Waals surface area (Å²) >= 11 is 0. The Bertz CT molecular complexity index is 1530. The van der Waals surface area contributed by atoms with Crippen LogP contribution in [0.5, 0.6) is 5.75 Å². The molecule has 2 saturated heterocycles. The summed E-state index contributed by atoms with van der Waals surface area (Å²) < 4.78 is 13.6. The van der Waals surface area contributed by atoms with Crippen molar-refractivity contribution in [3.63, 3.8) is 0 Å². The second-order valence-electron chi connectivity index (χ2n) is 11.6. The molecule has 4 aromatic rings. The zero-order chi connectivity index (χ0) is 28.6. The van der Waals surface area contributed by atoms with Gasteiger partial charge in [-0.3, -0.25) is 4.98 Å². The number of hydrogen-bond acceptors (Lipinski definition) is 9. The fourth-order valence-corrected chi connectivity index (χ4v) is 5.48. The van der Waals surface area contributed by atoms with Crippen LogP contribution in [0.2, 0.25) is 0 Å². The average Bonchev–Trinajstić information content (AvgIpc) is 3.66. The largest absolute Gasteiger partial charge is 0.494 e. The number of unbranched alkanes of at least 4 members (excludes halogenated alkanes) is 1. The van der Waals surface area contributed by atoms with Gasteiger partial charge in [0.2, 0.25) is 0 Å². The molecule has 1 amide bonds. The lowest BCUT2D eigenvalue weighted by atomic mass is 10.2. The Hall–Kier alpha value is -4.41. The van der Waals surface area contributed by atoms with Crippen LogP contribution in [0.1, 0.15) is 47.0 Å². The molecule has 6 rings (SSSR count). The number of benzene rings is 1. The second-order valence-corrected chi connectivity index (χ2v) is 11.6. The number of amides is 1. The number of carbonyl (C=O) groups is 1. The van der Waals surface area contributed by atoms with Gasteiger partial charge >= 0.3 is 6.09 Å². The van der Waals surface area contributed by atoms with Gasteiger partial charge in [-0.2, -0.15) is 0 Å². The fourth-order valence-electron chi connectivity index (χ4n) is 5.48. The highest BCUT2D eigenvalue weighted by Gasteiger charge is 2.47. The zero-order valence-corrected chi connectivity index (χ0v) is 23.9. The topological polar surface area (TPSA) is 111 Å². The molecule has 0 unspecified atom stereocenters. The highest BCUT2D eigenvalue weighted by molar-refractivity contribution is 5.93. The molecule has 2 bridgehead atoms. The van der Waals surface area contributed by atoms with E-state index in [2.05, 4.69) is 33.2 Å². The molecule has 0 radical (unpaired) electrons. The van der Waals surface area contributed by atoms with Gasteiger partial charge in [-0.25, -0.2) is 19.4 Å². The van der Waals surface area contributed by atoms with Crippen molar-refractivity contribution in [3.8, 4) is 11.4 Å². The quantitative estimate of drug-likeness (QED) is 0.288. The van der Waals surface area contributed by atoms with Gasteiger partial charge in [0.25, 0.3) is 0 Å². The SMILES string of the molecule is CCCCOc1ccc2c(Nc3cnccn3)nn(-c3ccnc(N4C[C@@H]5C[C@H]4CN5C(=O)OC(C)(C)C)c3)c2c1. The third-order valence-electron chi connectivity index (χ3n) is 7.37. The smallest absolute Gasteiger partial charge is 0.410 e. The number of rotatable bonds is 8. The van der Waals surface area contributed by atoms with Crippen molar-refractivity contribution in [1.82, 2.24) is 29.6 Å². The summed E-state index contributed by atoms with van der Waals surface area (Å²) in [6.07, 6.45) is 9.49. The highest BCUT2D eigenvalue weighted by atomic mass is 16.6. The number of fused-ring (bicyclic) bond motifs is 3. The Morgan fingerprint density at radius 3 is 2.68 bits per heavy atom. The van der Waals surface area contributed by atoms with Crippen LogP contribution in [0, 0.1) is 0 Å². The number of carbonyl (C=O) groups excluding carboxylic acids is 1. The van der Waals surface area contributed by atoms with E-state index in [1.807, 2.05) is 60.8 Å².